The van der Waals surface area contributed by atoms with Crippen molar-refractivity contribution in [2.24, 2.45) is 0 Å². The fourth-order valence-electron chi connectivity index (χ4n) is 3.72. The largest absolute Gasteiger partial charge is 0.433 e. The molecule has 0 aliphatic heterocycles. The van der Waals surface area contributed by atoms with Crippen LogP contribution in [0.4, 0.5) is 8.78 Å². The van der Waals surface area contributed by atoms with Crippen LogP contribution in [0.25, 0.3) is 0 Å². The number of aryl methyl sites for hydroxylation is 1. The molecule has 0 N–H and O–H groups in total. The lowest BCUT2D eigenvalue weighted by atomic mass is 10.1. The van der Waals surface area contributed by atoms with Crippen LogP contribution in [-0.2, 0) is 16.4 Å². The van der Waals surface area contributed by atoms with Crippen molar-refractivity contribution in [2.75, 3.05) is 0 Å². The average molecular weight is 379 g/mol. The average Bonchev–Trinajstić information content (AvgIpc) is 3.34. The van der Waals surface area contributed by atoms with Gasteiger partial charge in [-0.25, -0.2) is 8.42 Å². The van der Waals surface area contributed by atoms with Gasteiger partial charge in [0.1, 0.15) is 10.6 Å². The highest BCUT2D eigenvalue weighted by Crippen LogP contribution is 2.46. The van der Waals surface area contributed by atoms with E-state index in [1.807, 2.05) is 24.3 Å². The first kappa shape index (κ1) is 17.4. The van der Waals surface area contributed by atoms with Crippen molar-refractivity contribution < 1.29 is 21.9 Å². The smallest absolute Gasteiger partial charge is 0.387 e. The lowest BCUT2D eigenvalue weighted by Crippen LogP contribution is -2.36. The van der Waals surface area contributed by atoms with Gasteiger partial charge >= 0.3 is 6.61 Å². The molecule has 7 heteroatoms. The van der Waals surface area contributed by atoms with Crippen LogP contribution in [-0.4, -0.2) is 25.4 Å². The van der Waals surface area contributed by atoms with Gasteiger partial charge in [0.2, 0.25) is 10.0 Å². The second-order valence-electron chi connectivity index (χ2n) is 6.64. The van der Waals surface area contributed by atoms with E-state index in [1.54, 1.807) is 0 Å². The maximum absolute atomic E-state index is 13.4. The van der Waals surface area contributed by atoms with Crippen molar-refractivity contribution in [1.29, 1.82) is 0 Å². The van der Waals surface area contributed by atoms with Crippen LogP contribution in [0.3, 0.4) is 0 Å². The first-order chi connectivity index (χ1) is 12.5. The molecule has 2 aliphatic carbocycles. The van der Waals surface area contributed by atoms with Gasteiger partial charge in [-0.1, -0.05) is 36.4 Å². The molecule has 0 spiro atoms. The maximum atomic E-state index is 13.4. The zero-order valence-electron chi connectivity index (χ0n) is 14.0. The second kappa shape index (κ2) is 6.63. The molecule has 2 aromatic rings. The fraction of sp³-hybridized carbons (Fsp3) is 0.368. The summed E-state index contributed by atoms with van der Waals surface area (Å²) in [5.74, 6) is -0.306. The van der Waals surface area contributed by atoms with E-state index in [-0.39, 0.29) is 22.7 Å². The molecule has 0 amide bonds. The fourth-order valence-corrected chi connectivity index (χ4v) is 5.72. The van der Waals surface area contributed by atoms with Gasteiger partial charge in [-0.05, 0) is 48.9 Å². The first-order valence-corrected chi connectivity index (χ1v) is 10.1. The van der Waals surface area contributed by atoms with E-state index in [4.69, 9.17) is 0 Å². The Morgan fingerprint density at radius 3 is 2.42 bits per heavy atom. The Hall–Kier alpha value is -1.99. The number of sulfonamides is 1. The van der Waals surface area contributed by atoms with E-state index in [2.05, 4.69) is 4.74 Å². The Morgan fingerprint density at radius 2 is 1.69 bits per heavy atom. The van der Waals surface area contributed by atoms with Crippen molar-refractivity contribution in [2.45, 2.75) is 49.3 Å². The number of halogens is 2. The predicted molar refractivity (Wildman–Crippen MR) is 92.6 cm³/mol. The second-order valence-corrected chi connectivity index (χ2v) is 8.46. The minimum absolute atomic E-state index is 0.0873. The summed E-state index contributed by atoms with van der Waals surface area (Å²) in [5.41, 5.74) is 2.16. The lowest BCUT2D eigenvalue weighted by molar-refractivity contribution is -0.0518. The topological polar surface area (TPSA) is 46.6 Å². The zero-order valence-corrected chi connectivity index (χ0v) is 14.8. The first-order valence-electron chi connectivity index (χ1n) is 8.63. The molecule has 2 aromatic carbocycles. The Labute approximate surface area is 151 Å². The Morgan fingerprint density at radius 1 is 1.00 bits per heavy atom. The molecule has 0 heterocycles. The van der Waals surface area contributed by atoms with E-state index in [0.29, 0.717) is 6.42 Å². The SMILES string of the molecule is O=S(=O)(c1ccccc1OC(F)F)N(C1CC1)C1CCc2ccccc21. The summed E-state index contributed by atoms with van der Waals surface area (Å²) in [6.07, 6.45) is 3.09. The standard InChI is InChI=1S/C19H19F2NO3S/c20-19(21)25-17-7-3-4-8-18(17)26(23,24)22(14-10-11-14)16-12-9-13-5-1-2-6-15(13)16/h1-8,14,16,19H,9-12H2. The molecule has 1 atom stereocenters. The van der Waals surface area contributed by atoms with Gasteiger partial charge < -0.3 is 4.74 Å². The number of para-hydroxylation sites is 1. The highest BCUT2D eigenvalue weighted by molar-refractivity contribution is 7.89. The van der Waals surface area contributed by atoms with Gasteiger partial charge in [0.05, 0.1) is 6.04 Å². The minimum atomic E-state index is -3.97. The van der Waals surface area contributed by atoms with Crippen LogP contribution < -0.4 is 4.74 Å². The number of nitrogens with zero attached hydrogens (tertiary/aromatic N) is 1. The summed E-state index contributed by atoms with van der Waals surface area (Å²) < 4.78 is 58.3. The van der Waals surface area contributed by atoms with Crippen LogP contribution in [0.15, 0.2) is 53.4 Å². The highest BCUT2D eigenvalue weighted by Gasteiger charge is 2.45. The van der Waals surface area contributed by atoms with E-state index in [1.165, 1.54) is 28.6 Å². The summed E-state index contributed by atoms with van der Waals surface area (Å²) in [6.45, 7) is -3.08. The highest BCUT2D eigenvalue weighted by atomic mass is 32.2. The van der Waals surface area contributed by atoms with E-state index in [9.17, 15) is 17.2 Å². The summed E-state index contributed by atoms with van der Waals surface area (Å²) >= 11 is 0. The van der Waals surface area contributed by atoms with Gasteiger partial charge in [-0.2, -0.15) is 13.1 Å². The number of alkyl halides is 2. The number of rotatable bonds is 6. The molecule has 0 aromatic heterocycles. The van der Waals surface area contributed by atoms with Crippen LogP contribution in [0.5, 0.6) is 5.75 Å². The van der Waals surface area contributed by atoms with Crippen LogP contribution in [0.2, 0.25) is 0 Å². The van der Waals surface area contributed by atoms with Crippen molar-refractivity contribution in [3.05, 3.63) is 59.7 Å². The van der Waals surface area contributed by atoms with E-state index >= 15 is 0 Å². The number of hydrogen-bond donors (Lipinski definition) is 0. The summed E-state index contributed by atoms with van der Waals surface area (Å²) in [4.78, 5) is -0.198. The molecule has 1 unspecified atom stereocenters. The number of hydrogen-bond acceptors (Lipinski definition) is 3. The Bertz CT molecular complexity index is 913. The predicted octanol–water partition coefficient (Wildman–Crippen LogP) is 4.13. The molecular weight excluding hydrogens is 360 g/mol. The van der Waals surface area contributed by atoms with Gasteiger partial charge in [-0.15, -0.1) is 0 Å². The molecule has 2 aliphatic rings. The Kier molecular flexibility index (Phi) is 4.44. The quantitative estimate of drug-likeness (QED) is 0.758. The van der Waals surface area contributed by atoms with Gasteiger partial charge in [0, 0.05) is 6.04 Å². The number of ether oxygens (including phenoxy) is 1. The zero-order chi connectivity index (χ0) is 18.3. The van der Waals surface area contributed by atoms with Crippen molar-refractivity contribution in [1.82, 2.24) is 4.31 Å². The molecule has 26 heavy (non-hydrogen) atoms. The van der Waals surface area contributed by atoms with Gasteiger partial charge in [0.25, 0.3) is 0 Å². The Balaban J connectivity index is 1.77. The van der Waals surface area contributed by atoms with E-state index < -0.39 is 16.6 Å². The third kappa shape index (κ3) is 3.10. The molecule has 1 fully saturated rings. The van der Waals surface area contributed by atoms with Gasteiger partial charge in [0.15, 0.2) is 0 Å². The maximum Gasteiger partial charge on any atom is 0.387 e. The molecule has 4 rings (SSSR count). The van der Waals surface area contributed by atoms with E-state index in [0.717, 1.165) is 30.4 Å². The molecule has 0 saturated heterocycles. The molecular formula is C19H19F2NO3S. The van der Waals surface area contributed by atoms with Crippen molar-refractivity contribution in [3.8, 4) is 5.75 Å². The van der Waals surface area contributed by atoms with Crippen molar-refractivity contribution >= 4 is 10.0 Å². The lowest BCUT2D eigenvalue weighted by Gasteiger charge is -2.29. The monoisotopic (exact) mass is 379 g/mol. The third-order valence-corrected chi connectivity index (χ3v) is 6.94. The van der Waals surface area contributed by atoms with Crippen molar-refractivity contribution in [3.63, 3.8) is 0 Å². The van der Waals surface area contributed by atoms with Crippen LogP contribution in [0.1, 0.15) is 36.4 Å². The summed E-state index contributed by atoms with van der Waals surface area (Å²) in [5, 5.41) is 0. The molecule has 0 bridgehead atoms. The molecule has 1 saturated carbocycles. The summed E-state index contributed by atoms with van der Waals surface area (Å²) in [6, 6.07) is 13.1. The molecule has 0 radical (unpaired) electrons. The normalized spacial score (nSPS) is 19.8. The third-order valence-electron chi connectivity index (χ3n) is 4.94. The molecule has 138 valence electrons. The molecule has 4 nitrogen and oxygen atoms in total. The number of fused-ring (bicyclic) bond motifs is 1. The van der Waals surface area contributed by atoms with Crippen LogP contribution >= 0.6 is 0 Å². The van der Waals surface area contributed by atoms with Gasteiger partial charge in [-0.3, -0.25) is 0 Å². The number of benzene rings is 2. The van der Waals surface area contributed by atoms with Crippen LogP contribution in [0, 0.1) is 0 Å². The minimum Gasteiger partial charge on any atom is -0.433 e. The summed E-state index contributed by atoms with van der Waals surface area (Å²) in [7, 11) is -3.97.